The molecule has 1 aromatic rings. The minimum atomic E-state index is 0.0848. The van der Waals surface area contributed by atoms with Crippen LogP contribution in [0.15, 0.2) is 17.5 Å². The van der Waals surface area contributed by atoms with Gasteiger partial charge in [-0.15, -0.1) is 11.3 Å². The van der Waals surface area contributed by atoms with Gasteiger partial charge in [-0.25, -0.2) is 0 Å². The number of unbranched alkanes of at least 4 members (excludes halogenated alkanes) is 1. The monoisotopic (exact) mass is 227 g/mol. The zero-order chi connectivity index (χ0) is 11.1. The molecule has 0 bridgehead atoms. The summed E-state index contributed by atoms with van der Waals surface area (Å²) in [5, 5.41) is 2.08. The number of ether oxygens (including phenoxy) is 1. The summed E-state index contributed by atoms with van der Waals surface area (Å²) in [5.41, 5.74) is 6.07. The SMILES string of the molecule is CCCCOC(c1cccs1)C(N)CC. The van der Waals surface area contributed by atoms with Gasteiger partial charge in [-0.05, 0) is 24.3 Å². The van der Waals surface area contributed by atoms with Crippen LogP contribution < -0.4 is 5.73 Å². The zero-order valence-corrected chi connectivity index (χ0v) is 10.4. The fourth-order valence-electron chi connectivity index (χ4n) is 1.44. The molecule has 0 aromatic carbocycles. The molecule has 0 aliphatic carbocycles. The summed E-state index contributed by atoms with van der Waals surface area (Å²) in [4.78, 5) is 1.25. The summed E-state index contributed by atoms with van der Waals surface area (Å²) >= 11 is 1.73. The number of hydrogen-bond donors (Lipinski definition) is 1. The van der Waals surface area contributed by atoms with Gasteiger partial charge in [-0.1, -0.05) is 26.3 Å². The van der Waals surface area contributed by atoms with Crippen LogP contribution in [-0.2, 0) is 4.74 Å². The second-order valence-electron chi connectivity index (χ2n) is 3.73. The Bertz CT molecular complexity index is 248. The van der Waals surface area contributed by atoms with E-state index in [1.165, 1.54) is 11.3 Å². The third-order valence-electron chi connectivity index (χ3n) is 2.48. The second kappa shape index (κ2) is 6.99. The van der Waals surface area contributed by atoms with E-state index in [1.807, 2.05) is 0 Å². The first-order chi connectivity index (χ1) is 7.29. The molecule has 1 rings (SSSR count). The number of rotatable bonds is 7. The molecule has 0 aliphatic rings. The van der Waals surface area contributed by atoms with Gasteiger partial charge in [0.2, 0.25) is 0 Å². The molecule has 0 saturated heterocycles. The Balaban J connectivity index is 2.54. The molecule has 2 unspecified atom stereocenters. The average molecular weight is 227 g/mol. The van der Waals surface area contributed by atoms with Gasteiger partial charge >= 0.3 is 0 Å². The van der Waals surface area contributed by atoms with Gasteiger partial charge in [0, 0.05) is 17.5 Å². The Kier molecular flexibility index (Phi) is 5.91. The van der Waals surface area contributed by atoms with Crippen molar-refractivity contribution in [2.45, 2.75) is 45.3 Å². The third-order valence-corrected chi connectivity index (χ3v) is 3.41. The van der Waals surface area contributed by atoms with Gasteiger partial charge < -0.3 is 10.5 Å². The van der Waals surface area contributed by atoms with E-state index < -0.39 is 0 Å². The highest BCUT2D eigenvalue weighted by atomic mass is 32.1. The summed E-state index contributed by atoms with van der Waals surface area (Å²) in [7, 11) is 0. The lowest BCUT2D eigenvalue weighted by Gasteiger charge is -2.22. The summed E-state index contributed by atoms with van der Waals surface area (Å²) in [6, 6.07) is 4.27. The van der Waals surface area contributed by atoms with Crippen LogP contribution >= 0.6 is 11.3 Å². The van der Waals surface area contributed by atoms with Gasteiger partial charge in [0.25, 0.3) is 0 Å². The lowest BCUT2D eigenvalue weighted by atomic mass is 10.1. The van der Waals surface area contributed by atoms with E-state index >= 15 is 0 Å². The zero-order valence-electron chi connectivity index (χ0n) is 9.61. The molecule has 1 heterocycles. The van der Waals surface area contributed by atoms with Crippen LogP contribution in [-0.4, -0.2) is 12.6 Å². The molecule has 0 saturated carbocycles. The topological polar surface area (TPSA) is 35.2 Å². The predicted molar refractivity (Wildman–Crippen MR) is 66.2 cm³/mol. The summed E-state index contributed by atoms with van der Waals surface area (Å²) in [6.07, 6.45) is 3.31. The van der Waals surface area contributed by atoms with E-state index in [1.54, 1.807) is 11.3 Å². The van der Waals surface area contributed by atoms with Crippen LogP contribution in [0.1, 0.15) is 44.1 Å². The normalized spacial score (nSPS) is 15.1. The van der Waals surface area contributed by atoms with Crippen LogP contribution in [0.4, 0.5) is 0 Å². The molecule has 0 aliphatic heterocycles. The number of nitrogens with two attached hydrogens (primary N) is 1. The quantitative estimate of drug-likeness (QED) is 0.725. The molecule has 15 heavy (non-hydrogen) atoms. The Morgan fingerprint density at radius 2 is 2.27 bits per heavy atom. The molecule has 86 valence electrons. The van der Waals surface area contributed by atoms with Crippen molar-refractivity contribution in [2.75, 3.05) is 6.61 Å². The Morgan fingerprint density at radius 1 is 1.47 bits per heavy atom. The van der Waals surface area contributed by atoms with Crippen LogP contribution in [0.3, 0.4) is 0 Å². The van der Waals surface area contributed by atoms with Gasteiger partial charge in [0.05, 0.1) is 0 Å². The second-order valence-corrected chi connectivity index (χ2v) is 4.71. The van der Waals surface area contributed by atoms with E-state index in [0.29, 0.717) is 0 Å². The number of thiophene rings is 1. The van der Waals surface area contributed by atoms with Crippen molar-refractivity contribution >= 4 is 11.3 Å². The predicted octanol–water partition coefficient (Wildman–Crippen LogP) is 3.34. The standard InChI is InChI=1S/C12H21NOS/c1-3-5-8-14-12(10(13)4-2)11-7-6-9-15-11/h6-7,9-10,12H,3-5,8,13H2,1-2H3. The van der Waals surface area contributed by atoms with E-state index in [2.05, 4.69) is 31.4 Å². The highest BCUT2D eigenvalue weighted by molar-refractivity contribution is 7.10. The van der Waals surface area contributed by atoms with Crippen LogP contribution in [0.2, 0.25) is 0 Å². The minimum Gasteiger partial charge on any atom is -0.371 e. The van der Waals surface area contributed by atoms with Crippen molar-refractivity contribution in [3.05, 3.63) is 22.4 Å². The molecule has 0 spiro atoms. The van der Waals surface area contributed by atoms with Crippen LogP contribution in [0, 0.1) is 0 Å². The molecular weight excluding hydrogens is 206 g/mol. The molecule has 3 heteroatoms. The highest BCUT2D eigenvalue weighted by Gasteiger charge is 2.19. The van der Waals surface area contributed by atoms with Crippen LogP contribution in [0.25, 0.3) is 0 Å². The van der Waals surface area contributed by atoms with Gasteiger partial charge in [0.1, 0.15) is 6.10 Å². The Labute approximate surface area is 96.4 Å². The Morgan fingerprint density at radius 3 is 2.80 bits per heavy atom. The van der Waals surface area contributed by atoms with Gasteiger partial charge in [0.15, 0.2) is 0 Å². The number of hydrogen-bond acceptors (Lipinski definition) is 3. The lowest BCUT2D eigenvalue weighted by molar-refractivity contribution is 0.0342. The fraction of sp³-hybridized carbons (Fsp3) is 0.667. The molecule has 0 fully saturated rings. The van der Waals surface area contributed by atoms with Crippen molar-refractivity contribution in [1.82, 2.24) is 0 Å². The largest absolute Gasteiger partial charge is 0.371 e. The molecular formula is C12H21NOS. The smallest absolute Gasteiger partial charge is 0.107 e. The van der Waals surface area contributed by atoms with E-state index in [-0.39, 0.29) is 12.1 Å². The van der Waals surface area contributed by atoms with Gasteiger partial charge in [-0.2, -0.15) is 0 Å². The molecule has 0 radical (unpaired) electrons. The maximum Gasteiger partial charge on any atom is 0.107 e. The molecule has 2 nitrogen and oxygen atoms in total. The summed E-state index contributed by atoms with van der Waals surface area (Å²) in [6.45, 7) is 5.09. The molecule has 2 atom stereocenters. The van der Waals surface area contributed by atoms with E-state index in [0.717, 1.165) is 19.4 Å². The molecule has 1 aromatic heterocycles. The summed E-state index contributed by atoms with van der Waals surface area (Å²) in [5.74, 6) is 0. The average Bonchev–Trinajstić information content (AvgIpc) is 2.77. The van der Waals surface area contributed by atoms with Crippen LogP contribution in [0.5, 0.6) is 0 Å². The fourth-order valence-corrected chi connectivity index (χ4v) is 2.29. The first-order valence-electron chi connectivity index (χ1n) is 5.70. The van der Waals surface area contributed by atoms with E-state index in [9.17, 15) is 0 Å². The Hall–Kier alpha value is -0.380. The van der Waals surface area contributed by atoms with Crippen molar-refractivity contribution in [1.29, 1.82) is 0 Å². The maximum atomic E-state index is 6.07. The molecule has 0 amide bonds. The van der Waals surface area contributed by atoms with Crippen molar-refractivity contribution in [3.8, 4) is 0 Å². The first-order valence-corrected chi connectivity index (χ1v) is 6.58. The molecule has 2 N–H and O–H groups in total. The lowest BCUT2D eigenvalue weighted by Crippen LogP contribution is -2.29. The van der Waals surface area contributed by atoms with Crippen molar-refractivity contribution in [2.24, 2.45) is 5.73 Å². The van der Waals surface area contributed by atoms with Crippen molar-refractivity contribution in [3.63, 3.8) is 0 Å². The maximum absolute atomic E-state index is 6.07. The first kappa shape index (κ1) is 12.7. The van der Waals surface area contributed by atoms with Crippen molar-refractivity contribution < 1.29 is 4.74 Å². The highest BCUT2D eigenvalue weighted by Crippen LogP contribution is 2.26. The van der Waals surface area contributed by atoms with Gasteiger partial charge in [-0.3, -0.25) is 0 Å². The van der Waals surface area contributed by atoms with E-state index in [4.69, 9.17) is 10.5 Å². The summed E-state index contributed by atoms with van der Waals surface area (Å²) < 4.78 is 5.86. The third kappa shape index (κ3) is 3.93. The minimum absolute atomic E-state index is 0.0848.